The zero-order chi connectivity index (χ0) is 16.9. The highest BCUT2D eigenvalue weighted by atomic mass is 19.1. The smallest absolute Gasteiger partial charge is 0.273 e. The number of carbonyl (C=O) groups excluding carboxylic acids is 1. The van der Waals surface area contributed by atoms with Gasteiger partial charge in [0.25, 0.3) is 5.91 Å². The van der Waals surface area contributed by atoms with Crippen LogP contribution in [0.3, 0.4) is 0 Å². The van der Waals surface area contributed by atoms with E-state index in [4.69, 9.17) is 0 Å². The predicted octanol–water partition coefficient (Wildman–Crippen LogP) is 3.48. The minimum Gasteiger partial charge on any atom is -0.328 e. The molecule has 1 aromatic carbocycles. The van der Waals surface area contributed by atoms with Gasteiger partial charge < -0.3 is 4.90 Å². The number of pyridine rings is 2. The summed E-state index contributed by atoms with van der Waals surface area (Å²) in [5.74, 6) is -0.609. The Balaban J connectivity index is 2.03. The molecule has 0 spiro atoms. The Labute approximate surface area is 139 Å². The molecule has 3 aromatic rings. The van der Waals surface area contributed by atoms with Crippen molar-refractivity contribution < 1.29 is 9.18 Å². The van der Waals surface area contributed by atoms with Gasteiger partial charge in [-0.1, -0.05) is 24.3 Å². The fourth-order valence-electron chi connectivity index (χ4n) is 2.59. The maximum absolute atomic E-state index is 13.7. The molecule has 2 aromatic heterocycles. The number of rotatable bonds is 4. The van der Waals surface area contributed by atoms with Crippen LogP contribution in [0.2, 0.25) is 0 Å². The van der Waals surface area contributed by atoms with Gasteiger partial charge in [-0.25, -0.2) is 4.39 Å². The minimum absolute atomic E-state index is 0.254. The molecular formula is C19H16FN3O. The zero-order valence-corrected chi connectivity index (χ0v) is 13.1. The molecule has 0 fully saturated rings. The highest BCUT2D eigenvalue weighted by molar-refractivity contribution is 5.92. The van der Waals surface area contributed by atoms with E-state index in [0.29, 0.717) is 17.0 Å². The molecule has 24 heavy (non-hydrogen) atoms. The van der Waals surface area contributed by atoms with Crippen molar-refractivity contribution in [2.75, 3.05) is 7.05 Å². The highest BCUT2D eigenvalue weighted by Crippen LogP contribution is 2.27. The molecule has 1 atom stereocenters. The maximum Gasteiger partial charge on any atom is 0.273 e. The third-order valence-corrected chi connectivity index (χ3v) is 3.72. The molecule has 0 aliphatic carbocycles. The molecule has 0 radical (unpaired) electrons. The summed E-state index contributed by atoms with van der Waals surface area (Å²) in [6.45, 7) is 0. The van der Waals surface area contributed by atoms with Gasteiger partial charge in [0.15, 0.2) is 0 Å². The first-order chi connectivity index (χ1) is 11.7. The van der Waals surface area contributed by atoms with Gasteiger partial charge in [0.2, 0.25) is 0 Å². The van der Waals surface area contributed by atoms with Crippen LogP contribution in [0.5, 0.6) is 0 Å². The molecule has 0 saturated heterocycles. The average molecular weight is 321 g/mol. The Bertz CT molecular complexity index is 824. The third-order valence-electron chi connectivity index (χ3n) is 3.72. The Hall–Kier alpha value is -3.08. The lowest BCUT2D eigenvalue weighted by molar-refractivity contribution is 0.0746. The quantitative estimate of drug-likeness (QED) is 0.739. The molecular weight excluding hydrogens is 305 g/mol. The Morgan fingerprint density at radius 1 is 1.00 bits per heavy atom. The van der Waals surface area contributed by atoms with Gasteiger partial charge in [0, 0.05) is 19.4 Å². The van der Waals surface area contributed by atoms with Crippen LogP contribution >= 0.6 is 0 Å². The topological polar surface area (TPSA) is 46.1 Å². The summed E-state index contributed by atoms with van der Waals surface area (Å²) in [6.07, 6.45) is 3.22. The standard InChI is InChI=1S/C19H16FN3O/c1-23(19(24)17-10-3-5-12-22-17)18(16-9-2-4-11-21-16)14-7-6-8-15(20)13-14/h2-13,18H,1H3. The van der Waals surface area contributed by atoms with E-state index >= 15 is 0 Å². The van der Waals surface area contributed by atoms with E-state index in [9.17, 15) is 9.18 Å². The number of aromatic nitrogens is 2. The fourth-order valence-corrected chi connectivity index (χ4v) is 2.59. The van der Waals surface area contributed by atoms with E-state index < -0.39 is 6.04 Å². The number of carbonyl (C=O) groups is 1. The van der Waals surface area contributed by atoms with Crippen LogP contribution < -0.4 is 0 Å². The summed E-state index contributed by atoms with van der Waals surface area (Å²) in [6, 6.07) is 16.3. The number of hydrogen-bond donors (Lipinski definition) is 0. The van der Waals surface area contributed by atoms with Crippen LogP contribution in [-0.4, -0.2) is 27.8 Å². The van der Waals surface area contributed by atoms with Crippen molar-refractivity contribution in [3.8, 4) is 0 Å². The molecule has 1 amide bonds. The summed E-state index contributed by atoms with van der Waals surface area (Å²) in [4.78, 5) is 22.7. The number of nitrogens with zero attached hydrogens (tertiary/aromatic N) is 3. The normalized spacial score (nSPS) is 11.8. The fraction of sp³-hybridized carbons (Fsp3) is 0.105. The van der Waals surface area contributed by atoms with Crippen LogP contribution in [0.4, 0.5) is 4.39 Å². The monoisotopic (exact) mass is 321 g/mol. The summed E-state index contributed by atoms with van der Waals surface area (Å²) in [5.41, 5.74) is 1.65. The number of halogens is 1. The van der Waals surface area contributed by atoms with Crippen molar-refractivity contribution in [1.29, 1.82) is 0 Å². The molecule has 0 N–H and O–H groups in total. The lowest BCUT2D eigenvalue weighted by Gasteiger charge is -2.28. The van der Waals surface area contributed by atoms with Crippen LogP contribution in [0.25, 0.3) is 0 Å². The molecule has 2 heterocycles. The Kier molecular flexibility index (Phi) is 4.61. The van der Waals surface area contributed by atoms with E-state index in [1.165, 1.54) is 17.0 Å². The SMILES string of the molecule is CN(C(=O)c1ccccn1)C(c1cccc(F)c1)c1ccccn1. The second-order valence-corrected chi connectivity index (χ2v) is 5.34. The van der Waals surface area contributed by atoms with Gasteiger partial charge in [-0.2, -0.15) is 0 Å². The summed E-state index contributed by atoms with van der Waals surface area (Å²) in [5, 5.41) is 0. The van der Waals surface area contributed by atoms with Crippen molar-refractivity contribution in [3.05, 3.63) is 95.8 Å². The summed E-state index contributed by atoms with van der Waals surface area (Å²) < 4.78 is 13.7. The maximum atomic E-state index is 13.7. The first kappa shape index (κ1) is 15.8. The van der Waals surface area contributed by atoms with E-state index in [0.717, 1.165) is 0 Å². The lowest BCUT2D eigenvalue weighted by Crippen LogP contribution is -2.33. The molecule has 1 unspecified atom stereocenters. The number of hydrogen-bond acceptors (Lipinski definition) is 3. The highest BCUT2D eigenvalue weighted by Gasteiger charge is 2.26. The molecule has 0 bridgehead atoms. The second kappa shape index (κ2) is 7.00. The molecule has 0 aliphatic rings. The zero-order valence-electron chi connectivity index (χ0n) is 13.1. The van der Waals surface area contributed by atoms with Crippen molar-refractivity contribution in [3.63, 3.8) is 0 Å². The van der Waals surface area contributed by atoms with Gasteiger partial charge in [0.05, 0.1) is 11.7 Å². The van der Waals surface area contributed by atoms with Crippen molar-refractivity contribution in [1.82, 2.24) is 14.9 Å². The number of amides is 1. The largest absolute Gasteiger partial charge is 0.328 e. The molecule has 0 aliphatic heterocycles. The van der Waals surface area contributed by atoms with Crippen LogP contribution in [-0.2, 0) is 0 Å². The van der Waals surface area contributed by atoms with Crippen molar-refractivity contribution >= 4 is 5.91 Å². The van der Waals surface area contributed by atoms with Gasteiger partial charge in [0.1, 0.15) is 11.5 Å². The first-order valence-electron chi connectivity index (χ1n) is 7.51. The van der Waals surface area contributed by atoms with Crippen molar-refractivity contribution in [2.45, 2.75) is 6.04 Å². The summed E-state index contributed by atoms with van der Waals surface area (Å²) in [7, 11) is 1.67. The summed E-state index contributed by atoms with van der Waals surface area (Å²) >= 11 is 0. The average Bonchev–Trinajstić information content (AvgIpc) is 2.63. The molecule has 120 valence electrons. The van der Waals surface area contributed by atoms with Gasteiger partial charge in [-0.05, 0) is 42.0 Å². The number of benzene rings is 1. The van der Waals surface area contributed by atoms with Crippen LogP contribution in [0.15, 0.2) is 73.1 Å². The molecule has 5 heteroatoms. The van der Waals surface area contributed by atoms with E-state index in [1.54, 1.807) is 55.8 Å². The van der Waals surface area contributed by atoms with E-state index in [-0.39, 0.29) is 11.7 Å². The Morgan fingerprint density at radius 3 is 2.38 bits per heavy atom. The van der Waals surface area contributed by atoms with E-state index in [1.807, 2.05) is 12.1 Å². The molecule has 3 rings (SSSR count). The van der Waals surface area contributed by atoms with Crippen LogP contribution in [0.1, 0.15) is 27.8 Å². The second-order valence-electron chi connectivity index (χ2n) is 5.34. The van der Waals surface area contributed by atoms with Crippen LogP contribution in [0, 0.1) is 5.82 Å². The minimum atomic E-state index is -0.503. The predicted molar refractivity (Wildman–Crippen MR) is 88.8 cm³/mol. The first-order valence-corrected chi connectivity index (χ1v) is 7.51. The Morgan fingerprint density at radius 2 is 1.75 bits per heavy atom. The lowest BCUT2D eigenvalue weighted by atomic mass is 10.0. The van der Waals surface area contributed by atoms with Gasteiger partial charge in [-0.3, -0.25) is 14.8 Å². The van der Waals surface area contributed by atoms with Gasteiger partial charge >= 0.3 is 0 Å². The van der Waals surface area contributed by atoms with Gasteiger partial charge in [-0.15, -0.1) is 0 Å². The van der Waals surface area contributed by atoms with Crippen molar-refractivity contribution in [2.24, 2.45) is 0 Å². The van der Waals surface area contributed by atoms with E-state index in [2.05, 4.69) is 9.97 Å². The third kappa shape index (κ3) is 3.30. The molecule has 0 saturated carbocycles. The molecule has 4 nitrogen and oxygen atoms in total.